The molecule has 0 N–H and O–H groups in total. The van der Waals surface area contributed by atoms with Crippen LogP contribution in [0.5, 0.6) is 11.5 Å². The molecule has 0 atom stereocenters. The van der Waals surface area contributed by atoms with Crippen LogP contribution in [0.15, 0.2) is 23.6 Å². The molecule has 1 aromatic carbocycles. The normalized spacial score (nSPS) is 16.8. The van der Waals surface area contributed by atoms with E-state index in [1.54, 1.807) is 7.11 Å². The van der Waals surface area contributed by atoms with Gasteiger partial charge in [-0.15, -0.1) is 11.3 Å². The molecule has 0 radical (unpaired) electrons. The molecule has 2 fully saturated rings. The summed E-state index contributed by atoms with van der Waals surface area (Å²) in [6.45, 7) is 3.95. The van der Waals surface area contributed by atoms with Gasteiger partial charge in [0.1, 0.15) is 11.6 Å². The zero-order valence-corrected chi connectivity index (χ0v) is 18.8. The van der Waals surface area contributed by atoms with E-state index >= 15 is 0 Å². The van der Waals surface area contributed by atoms with Crippen molar-refractivity contribution < 1.29 is 23.8 Å². The van der Waals surface area contributed by atoms with Gasteiger partial charge < -0.3 is 19.1 Å². The lowest BCUT2D eigenvalue weighted by Crippen LogP contribution is -2.41. The summed E-state index contributed by atoms with van der Waals surface area (Å²) >= 11 is 1.50. The van der Waals surface area contributed by atoms with Crippen LogP contribution in [0, 0.1) is 11.8 Å². The van der Waals surface area contributed by atoms with E-state index in [-0.39, 0.29) is 30.3 Å². The van der Waals surface area contributed by atoms with E-state index in [0.717, 1.165) is 29.1 Å². The number of hydrogen-bond donors (Lipinski definition) is 0. The number of aromatic nitrogens is 1. The molecule has 1 saturated heterocycles. The van der Waals surface area contributed by atoms with Crippen LogP contribution in [0.2, 0.25) is 0 Å². The summed E-state index contributed by atoms with van der Waals surface area (Å²) in [5, 5.41) is 2.74. The summed E-state index contributed by atoms with van der Waals surface area (Å²) in [5.74, 6) is 1.51. The summed E-state index contributed by atoms with van der Waals surface area (Å²) in [6.07, 6.45) is 3.37. The first-order valence-corrected chi connectivity index (χ1v) is 11.7. The molecule has 2 heterocycles. The van der Waals surface area contributed by atoms with Crippen LogP contribution in [0.1, 0.15) is 38.3 Å². The largest absolute Gasteiger partial charge is 0.493 e. The Balaban J connectivity index is 1.29. The van der Waals surface area contributed by atoms with Gasteiger partial charge in [-0.05, 0) is 50.8 Å². The Bertz CT molecular complexity index is 932. The van der Waals surface area contributed by atoms with Gasteiger partial charge in [-0.2, -0.15) is 0 Å². The summed E-state index contributed by atoms with van der Waals surface area (Å²) in [6, 6.07) is 5.72. The van der Waals surface area contributed by atoms with Crippen molar-refractivity contribution in [1.29, 1.82) is 0 Å². The van der Waals surface area contributed by atoms with Gasteiger partial charge in [0.2, 0.25) is 5.91 Å². The number of thiazole rings is 1. The molecule has 1 amide bonds. The summed E-state index contributed by atoms with van der Waals surface area (Å²) in [7, 11) is 1.61. The highest BCUT2D eigenvalue weighted by atomic mass is 32.1. The van der Waals surface area contributed by atoms with Crippen LogP contribution in [-0.2, 0) is 20.9 Å². The number of methoxy groups -OCH3 is 1. The molecular formula is C23H28N2O5S. The standard InChI is InChI=1S/C23H28N2O5S/c1-3-29-19-7-6-17(12-20(19)28-2)21-24-18(14-31-21)13-30-23(27)16-8-10-25(11-9-16)22(26)15-4-5-15/h6-7,12,14-16H,3-5,8-11,13H2,1-2H3. The average molecular weight is 445 g/mol. The van der Waals surface area contributed by atoms with Gasteiger partial charge in [0.15, 0.2) is 11.5 Å². The number of esters is 1. The average Bonchev–Trinajstić information content (AvgIpc) is 3.55. The van der Waals surface area contributed by atoms with E-state index in [1.165, 1.54) is 11.3 Å². The number of ether oxygens (including phenoxy) is 3. The zero-order chi connectivity index (χ0) is 21.8. The molecule has 8 heteroatoms. The van der Waals surface area contributed by atoms with Crippen LogP contribution in [0.4, 0.5) is 0 Å². The molecule has 31 heavy (non-hydrogen) atoms. The Labute approximate surface area is 186 Å². The molecule has 1 aromatic heterocycles. The molecule has 1 aliphatic heterocycles. The highest BCUT2D eigenvalue weighted by Gasteiger charge is 2.36. The van der Waals surface area contributed by atoms with E-state index in [4.69, 9.17) is 14.2 Å². The van der Waals surface area contributed by atoms with Crippen molar-refractivity contribution in [2.45, 2.75) is 39.2 Å². The van der Waals surface area contributed by atoms with Crippen molar-refractivity contribution in [3.05, 3.63) is 29.3 Å². The molecule has 0 unspecified atom stereocenters. The number of hydrogen-bond acceptors (Lipinski definition) is 7. The van der Waals surface area contributed by atoms with Crippen LogP contribution >= 0.6 is 11.3 Å². The quantitative estimate of drug-likeness (QED) is 0.575. The number of benzene rings is 1. The second kappa shape index (κ2) is 9.68. The van der Waals surface area contributed by atoms with E-state index < -0.39 is 0 Å². The van der Waals surface area contributed by atoms with Gasteiger partial charge in [-0.3, -0.25) is 9.59 Å². The summed E-state index contributed by atoms with van der Waals surface area (Å²) in [5.41, 5.74) is 1.65. The van der Waals surface area contributed by atoms with Crippen molar-refractivity contribution in [2.75, 3.05) is 26.8 Å². The van der Waals surface area contributed by atoms with Gasteiger partial charge in [-0.1, -0.05) is 0 Å². The van der Waals surface area contributed by atoms with Crippen molar-refractivity contribution in [3.8, 4) is 22.1 Å². The summed E-state index contributed by atoms with van der Waals surface area (Å²) in [4.78, 5) is 31.1. The number of piperidine rings is 1. The maximum atomic E-state index is 12.5. The number of rotatable bonds is 8. The maximum Gasteiger partial charge on any atom is 0.309 e. The summed E-state index contributed by atoms with van der Waals surface area (Å²) < 4.78 is 16.5. The highest BCUT2D eigenvalue weighted by molar-refractivity contribution is 7.13. The first kappa shape index (κ1) is 21.6. The molecular weight excluding hydrogens is 416 g/mol. The molecule has 166 valence electrons. The Morgan fingerprint density at radius 1 is 1.13 bits per heavy atom. The molecule has 4 rings (SSSR count). The Kier molecular flexibility index (Phi) is 6.75. The third-order valence-electron chi connectivity index (χ3n) is 5.69. The lowest BCUT2D eigenvalue weighted by molar-refractivity contribution is -0.153. The predicted octanol–water partition coefficient (Wildman–Crippen LogP) is 3.91. The van der Waals surface area contributed by atoms with E-state index in [9.17, 15) is 9.59 Å². The molecule has 0 spiro atoms. The molecule has 2 aliphatic rings. The fourth-order valence-corrected chi connectivity index (χ4v) is 4.57. The molecule has 0 bridgehead atoms. The van der Waals surface area contributed by atoms with Gasteiger partial charge >= 0.3 is 5.97 Å². The van der Waals surface area contributed by atoms with Gasteiger partial charge in [0, 0.05) is 30.0 Å². The second-order valence-electron chi connectivity index (χ2n) is 7.92. The molecule has 7 nitrogen and oxygen atoms in total. The fraction of sp³-hybridized carbons (Fsp3) is 0.522. The molecule has 1 aliphatic carbocycles. The molecule has 2 aromatic rings. The minimum absolute atomic E-state index is 0.142. The SMILES string of the molecule is CCOc1ccc(-c2nc(COC(=O)C3CCN(C(=O)C4CC4)CC3)cs2)cc1OC. The van der Waals surface area contributed by atoms with Gasteiger partial charge in [0.05, 0.1) is 25.3 Å². The highest BCUT2D eigenvalue weighted by Crippen LogP contribution is 2.34. The maximum absolute atomic E-state index is 12.5. The van der Waals surface area contributed by atoms with Crippen LogP contribution in [0.3, 0.4) is 0 Å². The number of amides is 1. The van der Waals surface area contributed by atoms with E-state index in [0.29, 0.717) is 44.0 Å². The van der Waals surface area contributed by atoms with Crippen LogP contribution < -0.4 is 9.47 Å². The Hall–Kier alpha value is -2.61. The van der Waals surface area contributed by atoms with Crippen LogP contribution in [-0.4, -0.2) is 48.6 Å². The predicted molar refractivity (Wildman–Crippen MR) is 117 cm³/mol. The smallest absolute Gasteiger partial charge is 0.309 e. The van der Waals surface area contributed by atoms with E-state index in [1.807, 2.05) is 35.4 Å². The van der Waals surface area contributed by atoms with Crippen molar-refractivity contribution in [1.82, 2.24) is 9.88 Å². The topological polar surface area (TPSA) is 78.0 Å². The first-order valence-electron chi connectivity index (χ1n) is 10.8. The van der Waals surface area contributed by atoms with Crippen LogP contribution in [0.25, 0.3) is 10.6 Å². The Morgan fingerprint density at radius 2 is 1.90 bits per heavy atom. The third kappa shape index (κ3) is 5.18. The lowest BCUT2D eigenvalue weighted by atomic mass is 9.97. The van der Waals surface area contributed by atoms with Gasteiger partial charge in [-0.25, -0.2) is 4.98 Å². The van der Waals surface area contributed by atoms with Crippen molar-refractivity contribution >= 4 is 23.2 Å². The number of carbonyl (C=O) groups is 2. The number of carbonyl (C=O) groups excluding carboxylic acids is 2. The number of likely N-dealkylation sites (tertiary alicyclic amines) is 1. The minimum atomic E-state index is -0.198. The zero-order valence-electron chi connectivity index (χ0n) is 18.0. The fourth-order valence-electron chi connectivity index (χ4n) is 3.77. The lowest BCUT2D eigenvalue weighted by Gasteiger charge is -2.31. The molecule has 1 saturated carbocycles. The minimum Gasteiger partial charge on any atom is -0.493 e. The van der Waals surface area contributed by atoms with E-state index in [2.05, 4.69) is 4.98 Å². The second-order valence-corrected chi connectivity index (χ2v) is 8.78. The Morgan fingerprint density at radius 3 is 2.58 bits per heavy atom. The third-order valence-corrected chi connectivity index (χ3v) is 6.63. The first-order chi connectivity index (χ1) is 15.1. The van der Waals surface area contributed by atoms with Crippen molar-refractivity contribution in [3.63, 3.8) is 0 Å². The van der Waals surface area contributed by atoms with Gasteiger partial charge in [0.25, 0.3) is 0 Å². The number of nitrogens with zero attached hydrogens (tertiary/aromatic N) is 2. The monoisotopic (exact) mass is 444 g/mol. The van der Waals surface area contributed by atoms with Crippen molar-refractivity contribution in [2.24, 2.45) is 11.8 Å².